The van der Waals surface area contributed by atoms with Gasteiger partial charge in [-0.05, 0) is 30.3 Å². The van der Waals surface area contributed by atoms with E-state index in [1.165, 1.54) is 0 Å². The minimum absolute atomic E-state index is 0.371. The molecule has 2 aromatic carbocycles. The second kappa shape index (κ2) is 6.35. The molecule has 0 spiro atoms. The minimum Gasteiger partial charge on any atom is -0.370 e. The lowest BCUT2D eigenvalue weighted by Crippen LogP contribution is -2.28. The van der Waals surface area contributed by atoms with Crippen molar-refractivity contribution in [2.75, 3.05) is 5.32 Å². The summed E-state index contributed by atoms with van der Waals surface area (Å²) >= 11 is 17.9. The Hall–Kier alpha value is -1.42. The highest BCUT2D eigenvalue weighted by Crippen LogP contribution is 2.29. The molecular weight excluding hydrogens is 319 g/mol. The van der Waals surface area contributed by atoms with E-state index in [2.05, 4.69) is 5.32 Å². The number of hydrogen-bond donors (Lipinski definition) is 2. The summed E-state index contributed by atoms with van der Waals surface area (Å²) in [4.78, 5) is 11.7. The molecule has 0 saturated heterocycles. The highest BCUT2D eigenvalue weighted by Gasteiger charge is 2.20. The van der Waals surface area contributed by atoms with Gasteiger partial charge in [0.2, 0.25) is 5.91 Å². The molecule has 6 heteroatoms. The number of nitrogens with one attached hydrogen (secondary N) is 1. The molecule has 0 heterocycles. The molecule has 2 aromatic rings. The van der Waals surface area contributed by atoms with Crippen molar-refractivity contribution in [1.82, 2.24) is 0 Å². The van der Waals surface area contributed by atoms with Crippen LogP contribution in [0.5, 0.6) is 0 Å². The first kappa shape index (κ1) is 15.0. The van der Waals surface area contributed by atoms with Crippen LogP contribution in [0.4, 0.5) is 5.69 Å². The lowest BCUT2D eigenvalue weighted by atomic mass is 10.1. The smallest absolute Gasteiger partial charge is 0.244 e. The third-order valence-electron chi connectivity index (χ3n) is 2.69. The molecule has 0 saturated carbocycles. The van der Waals surface area contributed by atoms with Crippen LogP contribution < -0.4 is 11.1 Å². The van der Waals surface area contributed by atoms with E-state index in [-0.39, 0.29) is 0 Å². The molecule has 1 unspecified atom stereocenters. The van der Waals surface area contributed by atoms with Crippen LogP contribution in [0.2, 0.25) is 15.1 Å². The van der Waals surface area contributed by atoms with Gasteiger partial charge in [0.1, 0.15) is 6.04 Å². The highest BCUT2D eigenvalue weighted by molar-refractivity contribution is 6.35. The van der Waals surface area contributed by atoms with Crippen molar-refractivity contribution in [2.24, 2.45) is 5.73 Å². The molecule has 3 nitrogen and oxygen atoms in total. The van der Waals surface area contributed by atoms with E-state index in [9.17, 15) is 4.79 Å². The zero-order chi connectivity index (χ0) is 14.7. The number of hydrogen-bond acceptors (Lipinski definition) is 2. The van der Waals surface area contributed by atoms with Crippen molar-refractivity contribution in [3.05, 3.63) is 63.1 Å². The standard InChI is InChI=1S/C14H11Cl3N2O/c15-8-2-1-3-10(6-8)19-13(14(18)20)11-5-4-9(16)7-12(11)17/h1-7,13,19H,(H2,18,20). The van der Waals surface area contributed by atoms with Crippen molar-refractivity contribution in [2.45, 2.75) is 6.04 Å². The van der Waals surface area contributed by atoms with Crippen molar-refractivity contribution in [3.63, 3.8) is 0 Å². The Morgan fingerprint density at radius 3 is 2.35 bits per heavy atom. The van der Waals surface area contributed by atoms with Gasteiger partial charge in [0.05, 0.1) is 0 Å². The Balaban J connectivity index is 2.34. The molecule has 0 fully saturated rings. The zero-order valence-electron chi connectivity index (χ0n) is 10.2. The highest BCUT2D eigenvalue weighted by atomic mass is 35.5. The Labute approximate surface area is 131 Å². The van der Waals surface area contributed by atoms with Gasteiger partial charge >= 0.3 is 0 Å². The summed E-state index contributed by atoms with van der Waals surface area (Å²) in [5.74, 6) is -0.547. The Kier molecular flexibility index (Phi) is 4.76. The Morgan fingerprint density at radius 1 is 1.05 bits per heavy atom. The van der Waals surface area contributed by atoms with Crippen LogP contribution in [0.3, 0.4) is 0 Å². The molecule has 0 radical (unpaired) electrons. The van der Waals surface area contributed by atoms with Gasteiger partial charge in [0.25, 0.3) is 0 Å². The van der Waals surface area contributed by atoms with Crippen LogP contribution in [0.1, 0.15) is 11.6 Å². The van der Waals surface area contributed by atoms with Crippen LogP contribution >= 0.6 is 34.8 Å². The summed E-state index contributed by atoms with van der Waals surface area (Å²) in [6.45, 7) is 0. The van der Waals surface area contributed by atoms with Crippen LogP contribution in [0.25, 0.3) is 0 Å². The van der Waals surface area contributed by atoms with E-state index in [1.54, 1.807) is 42.5 Å². The molecule has 0 aliphatic rings. The molecule has 0 aliphatic carbocycles. The molecule has 1 atom stereocenters. The molecule has 3 N–H and O–H groups in total. The van der Waals surface area contributed by atoms with Gasteiger partial charge in [-0.2, -0.15) is 0 Å². The summed E-state index contributed by atoms with van der Waals surface area (Å²) in [6, 6.07) is 11.1. The Morgan fingerprint density at radius 2 is 1.75 bits per heavy atom. The van der Waals surface area contributed by atoms with E-state index < -0.39 is 11.9 Å². The normalized spacial score (nSPS) is 11.9. The largest absolute Gasteiger partial charge is 0.370 e. The molecule has 0 aliphatic heterocycles. The number of nitrogens with two attached hydrogens (primary N) is 1. The fourth-order valence-corrected chi connectivity index (χ4v) is 2.49. The first-order valence-electron chi connectivity index (χ1n) is 5.74. The first-order chi connectivity index (χ1) is 9.47. The van der Waals surface area contributed by atoms with Gasteiger partial charge in [0, 0.05) is 26.3 Å². The zero-order valence-corrected chi connectivity index (χ0v) is 12.5. The van der Waals surface area contributed by atoms with E-state index in [1.807, 2.05) is 0 Å². The fraction of sp³-hybridized carbons (Fsp3) is 0.0714. The van der Waals surface area contributed by atoms with Crippen LogP contribution in [0.15, 0.2) is 42.5 Å². The van der Waals surface area contributed by atoms with Crippen molar-refractivity contribution >= 4 is 46.4 Å². The number of carbonyl (C=O) groups excluding carboxylic acids is 1. The fourth-order valence-electron chi connectivity index (χ4n) is 1.78. The lowest BCUT2D eigenvalue weighted by molar-refractivity contribution is -0.118. The molecular formula is C14H11Cl3N2O. The number of halogens is 3. The second-order valence-corrected chi connectivity index (χ2v) is 5.44. The van der Waals surface area contributed by atoms with E-state index in [0.29, 0.717) is 26.3 Å². The summed E-state index contributed by atoms with van der Waals surface area (Å²) in [6.07, 6.45) is 0. The molecule has 2 rings (SSSR count). The summed E-state index contributed by atoms with van der Waals surface area (Å²) < 4.78 is 0. The van der Waals surface area contributed by atoms with Gasteiger partial charge in [0.15, 0.2) is 0 Å². The van der Waals surface area contributed by atoms with Gasteiger partial charge < -0.3 is 11.1 Å². The molecule has 0 aromatic heterocycles. The number of rotatable bonds is 4. The summed E-state index contributed by atoms with van der Waals surface area (Å²) in [5, 5.41) is 4.43. The topological polar surface area (TPSA) is 55.1 Å². The summed E-state index contributed by atoms with van der Waals surface area (Å²) in [7, 11) is 0. The number of amides is 1. The van der Waals surface area contributed by atoms with Gasteiger partial charge in [-0.25, -0.2) is 0 Å². The molecule has 1 amide bonds. The quantitative estimate of drug-likeness (QED) is 0.879. The molecule has 104 valence electrons. The number of primary amides is 1. The van der Waals surface area contributed by atoms with E-state index in [0.717, 1.165) is 0 Å². The predicted molar refractivity (Wildman–Crippen MR) is 83.5 cm³/mol. The number of anilines is 1. The van der Waals surface area contributed by atoms with Crippen molar-refractivity contribution in [3.8, 4) is 0 Å². The molecule has 0 bridgehead atoms. The summed E-state index contributed by atoms with van der Waals surface area (Å²) in [5.41, 5.74) is 6.67. The first-order valence-corrected chi connectivity index (χ1v) is 6.87. The van der Waals surface area contributed by atoms with Gasteiger partial charge in [-0.15, -0.1) is 0 Å². The third kappa shape index (κ3) is 3.57. The van der Waals surface area contributed by atoms with Crippen LogP contribution in [-0.2, 0) is 4.79 Å². The predicted octanol–water partition coefficient (Wildman–Crippen LogP) is 4.29. The van der Waals surface area contributed by atoms with Crippen molar-refractivity contribution < 1.29 is 4.79 Å². The maximum Gasteiger partial charge on any atom is 0.244 e. The number of carbonyl (C=O) groups is 1. The SMILES string of the molecule is NC(=O)C(Nc1cccc(Cl)c1)c1ccc(Cl)cc1Cl. The lowest BCUT2D eigenvalue weighted by Gasteiger charge is -2.18. The van der Waals surface area contributed by atoms with E-state index in [4.69, 9.17) is 40.5 Å². The second-order valence-electron chi connectivity index (χ2n) is 4.16. The van der Waals surface area contributed by atoms with Gasteiger partial charge in [-0.3, -0.25) is 4.79 Å². The van der Waals surface area contributed by atoms with Crippen LogP contribution in [-0.4, -0.2) is 5.91 Å². The van der Waals surface area contributed by atoms with Gasteiger partial charge in [-0.1, -0.05) is 46.9 Å². The van der Waals surface area contributed by atoms with E-state index >= 15 is 0 Å². The van der Waals surface area contributed by atoms with Crippen LogP contribution in [0, 0.1) is 0 Å². The minimum atomic E-state index is -0.766. The average Bonchev–Trinajstić information content (AvgIpc) is 2.36. The maximum absolute atomic E-state index is 11.7. The maximum atomic E-state index is 11.7. The number of benzene rings is 2. The average molecular weight is 330 g/mol. The Bertz CT molecular complexity index is 646. The van der Waals surface area contributed by atoms with Crippen molar-refractivity contribution in [1.29, 1.82) is 0 Å². The molecule has 20 heavy (non-hydrogen) atoms. The monoisotopic (exact) mass is 328 g/mol. The third-order valence-corrected chi connectivity index (χ3v) is 3.49.